The molecule has 1 saturated carbocycles. The van der Waals surface area contributed by atoms with Crippen LogP contribution in [-0.4, -0.2) is 55.6 Å². The topological polar surface area (TPSA) is 141 Å². The number of ether oxygens (including phenoxy) is 1. The molecule has 1 saturated heterocycles. The fourth-order valence-electron chi connectivity index (χ4n) is 7.10. The molecule has 48 heavy (non-hydrogen) atoms. The highest BCUT2D eigenvalue weighted by Gasteiger charge is 2.26. The number of hydroxylamine groups is 1. The van der Waals surface area contributed by atoms with Gasteiger partial charge in [-0.15, -0.1) is 0 Å². The minimum atomic E-state index is -0.383. The fraction of sp³-hybridized carbons (Fsp3) is 0.444. The van der Waals surface area contributed by atoms with E-state index in [0.717, 1.165) is 87.8 Å². The SMILES string of the molecule is CC(=O)c1c(C)c2cnc(Nc3ccc4c(n3)CCN(Cc3ccc(C(=O)NOC5CCCCO5)cc3)C4)nc2n(C2CCCC2)c1=O. The van der Waals surface area contributed by atoms with Crippen LogP contribution < -0.4 is 16.4 Å². The van der Waals surface area contributed by atoms with E-state index in [4.69, 9.17) is 19.5 Å². The van der Waals surface area contributed by atoms with Crippen LogP contribution in [0.5, 0.6) is 0 Å². The summed E-state index contributed by atoms with van der Waals surface area (Å²) in [5.41, 5.74) is 7.48. The van der Waals surface area contributed by atoms with Crippen LogP contribution in [0.4, 0.5) is 11.8 Å². The number of rotatable bonds is 9. The van der Waals surface area contributed by atoms with Crippen molar-refractivity contribution in [1.29, 1.82) is 0 Å². The summed E-state index contributed by atoms with van der Waals surface area (Å²) in [4.78, 5) is 60.5. The van der Waals surface area contributed by atoms with Gasteiger partial charge in [-0.3, -0.25) is 23.9 Å². The minimum absolute atomic E-state index is 0.0183. The van der Waals surface area contributed by atoms with Gasteiger partial charge >= 0.3 is 0 Å². The van der Waals surface area contributed by atoms with E-state index in [9.17, 15) is 14.4 Å². The number of nitrogens with zero attached hydrogens (tertiary/aromatic N) is 5. The molecular weight excluding hydrogens is 610 g/mol. The quantitative estimate of drug-likeness (QED) is 0.181. The zero-order valence-electron chi connectivity index (χ0n) is 27.5. The number of aryl methyl sites for hydroxylation is 1. The first-order valence-electron chi connectivity index (χ1n) is 16.9. The molecule has 3 aromatic heterocycles. The van der Waals surface area contributed by atoms with Gasteiger partial charge in [-0.2, -0.15) is 4.98 Å². The summed E-state index contributed by atoms with van der Waals surface area (Å²) in [6.45, 7) is 6.25. The van der Waals surface area contributed by atoms with Crippen molar-refractivity contribution in [2.75, 3.05) is 18.5 Å². The Labute approximate surface area is 278 Å². The van der Waals surface area contributed by atoms with Gasteiger partial charge in [0, 0.05) is 68.0 Å². The largest absolute Gasteiger partial charge is 0.350 e. The fourth-order valence-corrected chi connectivity index (χ4v) is 7.10. The Bertz CT molecular complexity index is 1900. The Balaban J connectivity index is 1.01. The van der Waals surface area contributed by atoms with Crippen molar-refractivity contribution in [3.63, 3.8) is 0 Å². The van der Waals surface area contributed by atoms with Gasteiger partial charge < -0.3 is 10.1 Å². The third-order valence-electron chi connectivity index (χ3n) is 9.66. The third-order valence-corrected chi connectivity index (χ3v) is 9.66. The van der Waals surface area contributed by atoms with Crippen molar-refractivity contribution in [2.24, 2.45) is 0 Å². The average molecular weight is 652 g/mol. The number of anilines is 2. The lowest BCUT2D eigenvalue weighted by molar-refractivity contribution is -0.186. The van der Waals surface area contributed by atoms with E-state index in [2.05, 4.69) is 26.7 Å². The van der Waals surface area contributed by atoms with E-state index in [1.165, 1.54) is 6.92 Å². The molecule has 1 atom stereocenters. The van der Waals surface area contributed by atoms with E-state index in [1.54, 1.807) is 17.7 Å². The molecule has 12 nitrogen and oxygen atoms in total. The normalized spacial score (nSPS) is 18.5. The monoisotopic (exact) mass is 651 g/mol. The van der Waals surface area contributed by atoms with Crippen LogP contribution in [0.3, 0.4) is 0 Å². The standard InChI is InChI=1S/C36H41N7O5/c1-22-28-19-37-36(40-33(28)43(27-7-3-4-8-27)35(46)32(22)23(2)44)39-30-15-14-26-21-42(17-16-29(26)38-30)20-24-10-12-25(13-11-24)34(45)41-48-31-9-5-6-18-47-31/h10-15,19,27,31H,3-9,16-18,20-21H2,1-2H3,(H,41,45)(H,37,38,39,40). The molecule has 0 bridgehead atoms. The van der Waals surface area contributed by atoms with Crippen molar-refractivity contribution in [3.05, 3.63) is 86.5 Å². The molecule has 1 unspecified atom stereocenters. The molecule has 1 amide bonds. The van der Waals surface area contributed by atoms with Gasteiger partial charge in [-0.25, -0.2) is 20.3 Å². The highest BCUT2D eigenvalue weighted by molar-refractivity contribution is 5.99. The predicted octanol–water partition coefficient (Wildman–Crippen LogP) is 5.30. The lowest BCUT2D eigenvalue weighted by Gasteiger charge is -2.28. The Morgan fingerprint density at radius 2 is 1.81 bits per heavy atom. The van der Waals surface area contributed by atoms with E-state index in [0.29, 0.717) is 40.5 Å². The first-order valence-corrected chi connectivity index (χ1v) is 16.9. The highest BCUT2D eigenvalue weighted by atomic mass is 16.8. The molecule has 2 N–H and O–H groups in total. The molecule has 1 aromatic carbocycles. The number of fused-ring (bicyclic) bond motifs is 2. The maximum Gasteiger partial charge on any atom is 0.274 e. The van der Waals surface area contributed by atoms with E-state index in [1.807, 2.05) is 30.3 Å². The zero-order chi connectivity index (χ0) is 33.2. The summed E-state index contributed by atoms with van der Waals surface area (Å²) >= 11 is 0. The third kappa shape index (κ3) is 6.73. The number of carbonyl (C=O) groups excluding carboxylic acids is 2. The number of hydrogen-bond acceptors (Lipinski definition) is 10. The molecule has 4 aromatic rings. The highest BCUT2D eigenvalue weighted by Crippen LogP contribution is 2.32. The van der Waals surface area contributed by atoms with Gasteiger partial charge in [0.25, 0.3) is 11.5 Å². The lowest BCUT2D eigenvalue weighted by atomic mass is 10.0. The van der Waals surface area contributed by atoms with Gasteiger partial charge in [-0.05, 0) is 74.4 Å². The molecule has 5 heterocycles. The predicted molar refractivity (Wildman–Crippen MR) is 180 cm³/mol. The second kappa shape index (κ2) is 13.9. The lowest BCUT2D eigenvalue weighted by Crippen LogP contribution is -2.33. The molecule has 12 heteroatoms. The van der Waals surface area contributed by atoms with Crippen molar-refractivity contribution >= 4 is 34.5 Å². The van der Waals surface area contributed by atoms with Crippen molar-refractivity contribution < 1.29 is 19.2 Å². The summed E-state index contributed by atoms with van der Waals surface area (Å²) in [6, 6.07) is 11.6. The Kier molecular flexibility index (Phi) is 9.29. The van der Waals surface area contributed by atoms with E-state index >= 15 is 0 Å². The van der Waals surface area contributed by atoms with Crippen LogP contribution in [0.1, 0.15) is 101 Å². The molecule has 1 aliphatic carbocycles. The van der Waals surface area contributed by atoms with Gasteiger partial charge in [-0.1, -0.05) is 31.0 Å². The van der Waals surface area contributed by atoms with Crippen molar-refractivity contribution in [1.82, 2.24) is 29.9 Å². The maximum atomic E-state index is 13.5. The summed E-state index contributed by atoms with van der Waals surface area (Å²) in [6.07, 6.45) is 8.81. The Hall–Kier alpha value is -4.52. The van der Waals surface area contributed by atoms with Gasteiger partial charge in [0.05, 0.1) is 5.56 Å². The van der Waals surface area contributed by atoms with Crippen LogP contribution in [0.25, 0.3) is 11.0 Å². The summed E-state index contributed by atoms with van der Waals surface area (Å²) < 4.78 is 7.22. The molecular formula is C36H41N7O5. The smallest absolute Gasteiger partial charge is 0.274 e. The number of aromatic nitrogens is 4. The number of ketones is 1. The first kappa shape index (κ1) is 32.0. The Morgan fingerprint density at radius 3 is 2.56 bits per heavy atom. The molecule has 2 fully saturated rings. The van der Waals surface area contributed by atoms with Crippen molar-refractivity contribution in [3.8, 4) is 0 Å². The van der Waals surface area contributed by atoms with Gasteiger partial charge in [0.1, 0.15) is 11.5 Å². The molecule has 2 aliphatic heterocycles. The van der Waals surface area contributed by atoms with Crippen LogP contribution in [-0.2, 0) is 29.1 Å². The average Bonchev–Trinajstić information content (AvgIpc) is 3.62. The summed E-state index contributed by atoms with van der Waals surface area (Å²) in [5.74, 6) is 0.479. The maximum absolute atomic E-state index is 13.5. The number of Topliss-reactive ketones (excluding diaryl/α,β-unsaturated/α-hetero) is 1. The number of nitrogens with one attached hydrogen (secondary N) is 2. The molecule has 3 aliphatic rings. The number of amides is 1. The number of carbonyl (C=O) groups is 2. The number of hydrogen-bond donors (Lipinski definition) is 2. The minimum Gasteiger partial charge on any atom is -0.350 e. The summed E-state index contributed by atoms with van der Waals surface area (Å²) in [7, 11) is 0. The van der Waals surface area contributed by atoms with Gasteiger partial charge in [0.2, 0.25) is 5.95 Å². The number of benzene rings is 1. The first-order chi connectivity index (χ1) is 23.3. The second-order valence-corrected chi connectivity index (χ2v) is 13.0. The van der Waals surface area contributed by atoms with Crippen molar-refractivity contribution in [2.45, 2.75) is 90.6 Å². The van der Waals surface area contributed by atoms with Gasteiger partial charge in [0.15, 0.2) is 12.1 Å². The second-order valence-electron chi connectivity index (χ2n) is 13.0. The van der Waals surface area contributed by atoms with Crippen LogP contribution in [0.2, 0.25) is 0 Å². The molecule has 7 rings (SSSR count). The molecule has 250 valence electrons. The van der Waals surface area contributed by atoms with E-state index in [-0.39, 0.29) is 35.1 Å². The van der Waals surface area contributed by atoms with Crippen LogP contribution in [0.15, 0.2) is 47.4 Å². The number of pyridine rings is 2. The van der Waals surface area contributed by atoms with Crippen LogP contribution in [0, 0.1) is 6.92 Å². The molecule has 0 radical (unpaired) electrons. The molecule has 0 spiro atoms. The zero-order valence-corrected chi connectivity index (χ0v) is 27.5. The van der Waals surface area contributed by atoms with Crippen LogP contribution >= 0.6 is 0 Å². The summed E-state index contributed by atoms with van der Waals surface area (Å²) in [5, 5.41) is 3.97. The Morgan fingerprint density at radius 1 is 1.02 bits per heavy atom. The van der Waals surface area contributed by atoms with E-state index < -0.39 is 0 Å².